The molecule has 82 valence electrons. The zero-order valence-corrected chi connectivity index (χ0v) is 9.27. The number of carboxylic acid groups (broad SMARTS) is 1. The number of aromatic nitrogens is 2. The van der Waals surface area contributed by atoms with Crippen LogP contribution in [0.1, 0.15) is 50.4 Å². The van der Waals surface area contributed by atoms with Gasteiger partial charge in [-0.1, -0.05) is 20.8 Å². The van der Waals surface area contributed by atoms with Crippen LogP contribution in [-0.2, 0) is 4.79 Å². The first-order valence-corrected chi connectivity index (χ1v) is 5.04. The lowest BCUT2D eigenvalue weighted by molar-refractivity contribution is -0.137. The molecule has 0 saturated carbocycles. The highest BCUT2D eigenvalue weighted by Crippen LogP contribution is 2.19. The first-order valence-electron chi connectivity index (χ1n) is 5.04. The number of carbonyl (C=O) groups is 1. The minimum absolute atomic E-state index is 0.0667. The number of nitrogens with zero attached hydrogens (tertiary/aromatic N) is 2. The highest BCUT2D eigenvalue weighted by molar-refractivity contribution is 5.67. The molecule has 0 spiro atoms. The molecule has 15 heavy (non-hydrogen) atoms. The molecule has 0 aliphatic heterocycles. The van der Waals surface area contributed by atoms with Crippen molar-refractivity contribution in [3.05, 3.63) is 23.8 Å². The van der Waals surface area contributed by atoms with Crippen molar-refractivity contribution in [2.24, 2.45) is 0 Å². The molecule has 1 rings (SSSR count). The average Bonchev–Trinajstić information content (AvgIpc) is 2.17. The van der Waals surface area contributed by atoms with Gasteiger partial charge in [0.2, 0.25) is 0 Å². The Morgan fingerprint density at radius 3 is 2.47 bits per heavy atom. The van der Waals surface area contributed by atoms with Crippen LogP contribution in [0.5, 0.6) is 0 Å². The molecule has 0 radical (unpaired) electrons. The van der Waals surface area contributed by atoms with E-state index in [0.717, 1.165) is 11.4 Å². The second kappa shape index (κ2) is 4.87. The van der Waals surface area contributed by atoms with Gasteiger partial charge < -0.3 is 5.11 Å². The molecule has 0 aliphatic carbocycles. The topological polar surface area (TPSA) is 63.1 Å². The van der Waals surface area contributed by atoms with Gasteiger partial charge in [0, 0.05) is 17.3 Å². The minimum Gasteiger partial charge on any atom is -0.481 e. The molecule has 0 fully saturated rings. The summed E-state index contributed by atoms with van der Waals surface area (Å²) >= 11 is 0. The molecule has 4 heteroatoms. The van der Waals surface area contributed by atoms with Gasteiger partial charge in [-0.3, -0.25) is 4.79 Å². The van der Waals surface area contributed by atoms with Crippen molar-refractivity contribution in [2.45, 2.75) is 39.0 Å². The van der Waals surface area contributed by atoms with Crippen LogP contribution in [0.4, 0.5) is 0 Å². The maximum Gasteiger partial charge on any atom is 0.304 e. The maximum absolute atomic E-state index is 10.6. The maximum atomic E-state index is 10.6. The molecule has 1 atom stereocenters. The van der Waals surface area contributed by atoms with E-state index in [-0.39, 0.29) is 12.3 Å². The Morgan fingerprint density at radius 1 is 1.33 bits per heavy atom. The van der Waals surface area contributed by atoms with Crippen molar-refractivity contribution in [3.63, 3.8) is 0 Å². The van der Waals surface area contributed by atoms with Crippen molar-refractivity contribution < 1.29 is 9.90 Å². The van der Waals surface area contributed by atoms with E-state index in [1.807, 2.05) is 26.8 Å². The first kappa shape index (κ1) is 11.6. The van der Waals surface area contributed by atoms with Gasteiger partial charge in [-0.25, -0.2) is 9.97 Å². The summed E-state index contributed by atoms with van der Waals surface area (Å²) in [7, 11) is 0. The van der Waals surface area contributed by atoms with Gasteiger partial charge in [0.05, 0.1) is 6.42 Å². The largest absolute Gasteiger partial charge is 0.481 e. The normalized spacial score (nSPS) is 12.8. The summed E-state index contributed by atoms with van der Waals surface area (Å²) in [5, 5.41) is 8.68. The van der Waals surface area contributed by atoms with Crippen molar-refractivity contribution in [1.82, 2.24) is 9.97 Å². The van der Waals surface area contributed by atoms with Gasteiger partial charge in [0.25, 0.3) is 0 Å². The summed E-state index contributed by atoms with van der Waals surface area (Å²) in [6.07, 6.45) is 1.61. The van der Waals surface area contributed by atoms with Crippen molar-refractivity contribution >= 4 is 5.97 Å². The number of hydrogen-bond donors (Lipinski definition) is 1. The third-order valence-corrected chi connectivity index (χ3v) is 2.29. The van der Waals surface area contributed by atoms with E-state index in [2.05, 4.69) is 9.97 Å². The van der Waals surface area contributed by atoms with E-state index >= 15 is 0 Å². The second-order valence-corrected chi connectivity index (χ2v) is 4.02. The zero-order valence-electron chi connectivity index (χ0n) is 9.27. The lowest BCUT2D eigenvalue weighted by atomic mass is 10.0. The van der Waals surface area contributed by atoms with Gasteiger partial charge in [-0.05, 0) is 12.0 Å². The van der Waals surface area contributed by atoms with Crippen LogP contribution in [0.15, 0.2) is 12.4 Å². The van der Waals surface area contributed by atoms with Crippen molar-refractivity contribution in [3.8, 4) is 0 Å². The highest BCUT2D eigenvalue weighted by atomic mass is 16.4. The van der Waals surface area contributed by atoms with Crippen molar-refractivity contribution in [2.75, 3.05) is 0 Å². The monoisotopic (exact) mass is 208 g/mol. The SMILES string of the molecule is CC(C)c1cc(C(C)CC(=O)O)ncn1. The predicted molar refractivity (Wildman–Crippen MR) is 56.8 cm³/mol. The molecule has 1 N–H and O–H groups in total. The lowest BCUT2D eigenvalue weighted by Gasteiger charge is -2.10. The van der Waals surface area contributed by atoms with E-state index in [0.29, 0.717) is 5.92 Å². The van der Waals surface area contributed by atoms with E-state index in [9.17, 15) is 4.79 Å². The standard InChI is InChI=1S/C11H16N2O2/c1-7(2)9-5-10(13-6-12-9)8(3)4-11(14)15/h5-8H,4H2,1-3H3,(H,14,15). The summed E-state index contributed by atoms with van der Waals surface area (Å²) < 4.78 is 0. The number of carboxylic acids is 1. The van der Waals surface area contributed by atoms with Crippen LogP contribution in [-0.4, -0.2) is 21.0 Å². The average molecular weight is 208 g/mol. The molecule has 1 heterocycles. The first-order chi connectivity index (χ1) is 7.00. The Labute approximate surface area is 89.4 Å². The predicted octanol–water partition coefficient (Wildman–Crippen LogP) is 2.18. The quantitative estimate of drug-likeness (QED) is 0.823. The van der Waals surface area contributed by atoms with E-state index in [1.165, 1.54) is 6.33 Å². The Balaban J connectivity index is 2.85. The second-order valence-electron chi connectivity index (χ2n) is 4.02. The van der Waals surface area contributed by atoms with Gasteiger partial charge in [-0.2, -0.15) is 0 Å². The Bertz CT molecular complexity index is 350. The third kappa shape index (κ3) is 3.31. The fourth-order valence-electron chi connectivity index (χ4n) is 1.34. The van der Waals surface area contributed by atoms with Crippen LogP contribution in [0, 0.1) is 0 Å². The number of aliphatic carboxylic acids is 1. The Morgan fingerprint density at radius 2 is 1.93 bits per heavy atom. The van der Waals surface area contributed by atoms with E-state index in [4.69, 9.17) is 5.11 Å². The van der Waals surface area contributed by atoms with Crippen LogP contribution < -0.4 is 0 Å². The van der Waals surface area contributed by atoms with Crippen LogP contribution in [0.3, 0.4) is 0 Å². The van der Waals surface area contributed by atoms with E-state index in [1.54, 1.807) is 0 Å². The molecular formula is C11H16N2O2. The Hall–Kier alpha value is -1.45. The van der Waals surface area contributed by atoms with Gasteiger partial charge in [0.15, 0.2) is 0 Å². The molecule has 0 bridgehead atoms. The van der Waals surface area contributed by atoms with Gasteiger partial charge in [0.1, 0.15) is 6.33 Å². The van der Waals surface area contributed by atoms with E-state index < -0.39 is 5.97 Å². The zero-order chi connectivity index (χ0) is 11.4. The van der Waals surface area contributed by atoms with Crippen LogP contribution >= 0.6 is 0 Å². The summed E-state index contributed by atoms with van der Waals surface area (Å²) in [5.41, 5.74) is 1.76. The Kier molecular flexibility index (Phi) is 3.77. The molecule has 1 unspecified atom stereocenters. The molecule has 0 aliphatic rings. The molecule has 0 aromatic carbocycles. The molecule has 1 aromatic rings. The summed E-state index contributed by atoms with van der Waals surface area (Å²) in [5.74, 6) is -0.529. The van der Waals surface area contributed by atoms with Crippen molar-refractivity contribution in [1.29, 1.82) is 0 Å². The lowest BCUT2D eigenvalue weighted by Crippen LogP contribution is -2.06. The summed E-state index contributed by atoms with van der Waals surface area (Å²) in [6.45, 7) is 5.96. The van der Waals surface area contributed by atoms with Crippen LogP contribution in [0.2, 0.25) is 0 Å². The summed E-state index contributed by atoms with van der Waals surface area (Å²) in [4.78, 5) is 18.8. The number of rotatable bonds is 4. The fraction of sp³-hybridized carbons (Fsp3) is 0.545. The summed E-state index contributed by atoms with van der Waals surface area (Å²) in [6, 6.07) is 1.89. The number of hydrogen-bond acceptors (Lipinski definition) is 3. The fourth-order valence-corrected chi connectivity index (χ4v) is 1.34. The molecule has 0 amide bonds. The smallest absolute Gasteiger partial charge is 0.304 e. The van der Waals surface area contributed by atoms with Crippen LogP contribution in [0.25, 0.3) is 0 Å². The highest BCUT2D eigenvalue weighted by Gasteiger charge is 2.13. The van der Waals surface area contributed by atoms with Gasteiger partial charge >= 0.3 is 5.97 Å². The molecule has 1 aromatic heterocycles. The molecule has 4 nitrogen and oxygen atoms in total. The molecular weight excluding hydrogens is 192 g/mol. The minimum atomic E-state index is -0.799. The van der Waals surface area contributed by atoms with Gasteiger partial charge in [-0.15, -0.1) is 0 Å². The molecule has 0 saturated heterocycles. The third-order valence-electron chi connectivity index (χ3n) is 2.29.